The molecule has 0 fully saturated rings. The zero-order valence-corrected chi connectivity index (χ0v) is 12.9. The predicted octanol–water partition coefficient (Wildman–Crippen LogP) is 3.35. The van der Waals surface area contributed by atoms with Gasteiger partial charge in [-0.25, -0.2) is 9.97 Å². The highest BCUT2D eigenvalue weighted by Crippen LogP contribution is 2.28. The number of hydrogen-bond acceptors (Lipinski definition) is 3. The third kappa shape index (κ3) is 2.56. The van der Waals surface area contributed by atoms with Crippen LogP contribution in [0.4, 0.5) is 0 Å². The molecule has 4 nitrogen and oxygen atoms in total. The van der Waals surface area contributed by atoms with Gasteiger partial charge in [-0.1, -0.05) is 30.1 Å². The average Bonchev–Trinajstić information content (AvgIpc) is 2.66. The van der Waals surface area contributed by atoms with E-state index in [4.69, 9.17) is 23.2 Å². The van der Waals surface area contributed by atoms with Crippen molar-refractivity contribution in [1.82, 2.24) is 19.7 Å². The Labute approximate surface area is 122 Å². The van der Waals surface area contributed by atoms with Crippen LogP contribution < -0.4 is 0 Å². The molecule has 90 valence electrons. The van der Waals surface area contributed by atoms with Gasteiger partial charge in [0, 0.05) is 13.2 Å². The fourth-order valence-corrected chi connectivity index (χ4v) is 2.13. The molecule has 0 aromatic carbocycles. The van der Waals surface area contributed by atoms with Gasteiger partial charge in [-0.3, -0.25) is 4.68 Å². The summed E-state index contributed by atoms with van der Waals surface area (Å²) < 4.78 is 2.40. The van der Waals surface area contributed by atoms with Gasteiger partial charge in [0.2, 0.25) is 0 Å². The average molecular weight is 383 g/mol. The van der Waals surface area contributed by atoms with E-state index >= 15 is 0 Å². The quantitative estimate of drug-likeness (QED) is 0.590. The summed E-state index contributed by atoms with van der Waals surface area (Å²) in [6.45, 7) is 2.03. The molecule has 0 saturated heterocycles. The molecule has 2 heterocycles. The molecular weight excluding hydrogens is 374 g/mol. The Morgan fingerprint density at radius 3 is 2.41 bits per heavy atom. The van der Waals surface area contributed by atoms with E-state index in [0.29, 0.717) is 19.7 Å². The highest BCUT2D eigenvalue weighted by atomic mass is 127. The molecule has 0 unspecified atom stereocenters. The second-order valence-electron chi connectivity index (χ2n) is 3.46. The number of hydrogen-bond donors (Lipinski definition) is 0. The molecule has 2 rings (SSSR count). The normalized spacial score (nSPS) is 10.9. The molecule has 0 N–H and O–H groups in total. The summed E-state index contributed by atoms with van der Waals surface area (Å²) in [4.78, 5) is 8.47. The molecule has 0 spiro atoms. The summed E-state index contributed by atoms with van der Waals surface area (Å²) in [5, 5.41) is 5.07. The second kappa shape index (κ2) is 5.07. The van der Waals surface area contributed by atoms with E-state index < -0.39 is 0 Å². The van der Waals surface area contributed by atoms with Gasteiger partial charge in [0.25, 0.3) is 0 Å². The molecule has 0 saturated carbocycles. The van der Waals surface area contributed by atoms with Crippen LogP contribution in [0, 0.1) is 3.57 Å². The van der Waals surface area contributed by atoms with Crippen LogP contribution in [0.25, 0.3) is 11.4 Å². The molecule has 7 heteroatoms. The maximum atomic E-state index is 6.00. The van der Waals surface area contributed by atoms with Crippen LogP contribution in [-0.4, -0.2) is 19.7 Å². The van der Waals surface area contributed by atoms with E-state index in [2.05, 4.69) is 15.1 Å². The lowest BCUT2D eigenvalue weighted by atomic mass is 10.2. The Morgan fingerprint density at radius 2 is 1.88 bits per heavy atom. The fourth-order valence-electron chi connectivity index (χ4n) is 1.50. The molecular formula is C10H9Cl2IN4. The number of halogens is 3. The first-order valence-electron chi connectivity index (χ1n) is 4.94. The van der Waals surface area contributed by atoms with Gasteiger partial charge in [0.05, 0.1) is 14.8 Å². The van der Waals surface area contributed by atoms with E-state index in [0.717, 1.165) is 17.7 Å². The van der Waals surface area contributed by atoms with Crippen molar-refractivity contribution in [2.45, 2.75) is 13.3 Å². The topological polar surface area (TPSA) is 43.6 Å². The summed E-state index contributed by atoms with van der Waals surface area (Å²) in [6.07, 6.45) is 2.68. The van der Waals surface area contributed by atoms with Crippen LogP contribution >= 0.6 is 45.8 Å². The lowest BCUT2D eigenvalue weighted by Gasteiger charge is -2.02. The van der Waals surface area contributed by atoms with Gasteiger partial charge in [0.1, 0.15) is 10.3 Å². The monoisotopic (exact) mass is 382 g/mol. The minimum Gasteiger partial charge on any atom is -0.275 e. The summed E-state index contributed by atoms with van der Waals surface area (Å²) in [7, 11) is 1.86. The van der Waals surface area contributed by atoms with E-state index in [1.165, 1.54) is 0 Å². The molecule has 2 aromatic heterocycles. The minimum atomic E-state index is 0.367. The molecule has 0 aliphatic heterocycles. The lowest BCUT2D eigenvalue weighted by molar-refractivity contribution is 0.746. The minimum absolute atomic E-state index is 0.367. The zero-order chi connectivity index (χ0) is 12.6. The van der Waals surface area contributed by atoms with E-state index in [1.54, 1.807) is 4.68 Å². The van der Waals surface area contributed by atoms with Crippen molar-refractivity contribution in [3.8, 4) is 11.4 Å². The molecule has 0 radical (unpaired) electrons. The summed E-state index contributed by atoms with van der Waals surface area (Å²) in [5.41, 5.74) is 1.80. The Balaban J connectivity index is 2.60. The Bertz CT molecular complexity index is 544. The molecule has 0 amide bonds. The van der Waals surface area contributed by atoms with Gasteiger partial charge in [-0.15, -0.1) is 0 Å². The van der Waals surface area contributed by atoms with Crippen molar-refractivity contribution in [3.05, 3.63) is 25.8 Å². The van der Waals surface area contributed by atoms with Gasteiger partial charge < -0.3 is 0 Å². The van der Waals surface area contributed by atoms with Crippen LogP contribution in [0.5, 0.6) is 0 Å². The van der Waals surface area contributed by atoms with Crippen molar-refractivity contribution in [2.75, 3.05) is 0 Å². The van der Waals surface area contributed by atoms with Crippen LogP contribution in [-0.2, 0) is 13.5 Å². The number of aromatic nitrogens is 4. The second-order valence-corrected chi connectivity index (χ2v) is 5.25. The lowest BCUT2D eigenvalue weighted by Crippen LogP contribution is -1.95. The van der Waals surface area contributed by atoms with Crippen molar-refractivity contribution >= 4 is 45.8 Å². The van der Waals surface area contributed by atoms with Crippen molar-refractivity contribution in [2.24, 2.45) is 7.05 Å². The maximum absolute atomic E-state index is 6.00. The Kier molecular flexibility index (Phi) is 3.89. The standard InChI is InChI=1S/C10H9Cl2IN4/c1-3-6-5(4-17(2)16-6)10-14-8(11)7(13)9(12)15-10/h4H,3H2,1-2H3. The molecule has 0 atom stereocenters. The third-order valence-electron chi connectivity index (χ3n) is 2.25. The summed E-state index contributed by atoms with van der Waals surface area (Å²) in [5.74, 6) is 0.519. The largest absolute Gasteiger partial charge is 0.275 e. The van der Waals surface area contributed by atoms with E-state index in [1.807, 2.05) is 42.8 Å². The first kappa shape index (κ1) is 13.0. The van der Waals surface area contributed by atoms with Crippen molar-refractivity contribution in [1.29, 1.82) is 0 Å². The van der Waals surface area contributed by atoms with Crippen LogP contribution in [0.2, 0.25) is 10.3 Å². The Hall–Kier alpha value is -0.400. The third-order valence-corrected chi connectivity index (χ3v) is 4.46. The molecule has 17 heavy (non-hydrogen) atoms. The first-order valence-corrected chi connectivity index (χ1v) is 6.77. The Morgan fingerprint density at radius 1 is 1.29 bits per heavy atom. The van der Waals surface area contributed by atoms with E-state index in [-0.39, 0.29) is 0 Å². The SMILES string of the molecule is CCc1nn(C)cc1-c1nc(Cl)c(I)c(Cl)n1. The molecule has 0 bridgehead atoms. The smallest absolute Gasteiger partial charge is 0.166 e. The predicted molar refractivity (Wildman–Crippen MR) is 76.3 cm³/mol. The zero-order valence-electron chi connectivity index (χ0n) is 9.21. The maximum Gasteiger partial charge on any atom is 0.166 e. The van der Waals surface area contributed by atoms with Crippen LogP contribution in [0.1, 0.15) is 12.6 Å². The van der Waals surface area contributed by atoms with Gasteiger partial charge in [-0.05, 0) is 29.0 Å². The summed E-state index contributed by atoms with van der Waals surface area (Å²) >= 11 is 14.0. The van der Waals surface area contributed by atoms with Crippen LogP contribution in [0.3, 0.4) is 0 Å². The first-order chi connectivity index (χ1) is 8.02. The van der Waals surface area contributed by atoms with Gasteiger partial charge >= 0.3 is 0 Å². The highest BCUT2D eigenvalue weighted by Gasteiger charge is 2.15. The van der Waals surface area contributed by atoms with Crippen molar-refractivity contribution < 1.29 is 0 Å². The van der Waals surface area contributed by atoms with Gasteiger partial charge in [-0.2, -0.15) is 5.10 Å². The number of nitrogens with zero attached hydrogens (tertiary/aromatic N) is 4. The summed E-state index contributed by atoms with van der Waals surface area (Å²) in [6, 6.07) is 0. The number of rotatable bonds is 2. The number of aryl methyl sites for hydroxylation is 2. The fraction of sp³-hybridized carbons (Fsp3) is 0.300. The van der Waals surface area contributed by atoms with Crippen molar-refractivity contribution in [3.63, 3.8) is 0 Å². The molecule has 2 aromatic rings. The van der Waals surface area contributed by atoms with Gasteiger partial charge in [0.15, 0.2) is 5.82 Å². The molecule has 0 aliphatic carbocycles. The molecule has 0 aliphatic rings. The van der Waals surface area contributed by atoms with E-state index in [9.17, 15) is 0 Å². The highest BCUT2D eigenvalue weighted by molar-refractivity contribution is 14.1. The van der Waals surface area contributed by atoms with Crippen LogP contribution in [0.15, 0.2) is 6.20 Å².